The van der Waals surface area contributed by atoms with Crippen LogP contribution in [-0.4, -0.2) is 42.0 Å². The van der Waals surface area contributed by atoms with Crippen molar-refractivity contribution in [3.63, 3.8) is 0 Å². The molecule has 0 aromatic heterocycles. The predicted molar refractivity (Wildman–Crippen MR) is 82.4 cm³/mol. The molecule has 2 aliphatic carbocycles. The standard InChI is InChI=1S/C16H31N3O/c1-12(2)18-16(3,15(17)20)8-9-19(10-13-4-5-13)11-14-6-7-14/h12-14,18H,4-11H2,1-3H3,(H2,17,20). The summed E-state index contributed by atoms with van der Waals surface area (Å²) in [5.74, 6) is 1.59. The maximum atomic E-state index is 11.8. The highest BCUT2D eigenvalue weighted by Gasteiger charge is 2.34. The summed E-state index contributed by atoms with van der Waals surface area (Å²) < 4.78 is 0. The number of hydrogen-bond acceptors (Lipinski definition) is 3. The van der Waals surface area contributed by atoms with E-state index in [0.717, 1.165) is 24.8 Å². The molecule has 0 bridgehead atoms. The summed E-state index contributed by atoms with van der Waals surface area (Å²) in [5.41, 5.74) is 5.03. The summed E-state index contributed by atoms with van der Waals surface area (Å²) >= 11 is 0. The van der Waals surface area contributed by atoms with Crippen molar-refractivity contribution in [2.24, 2.45) is 17.6 Å². The summed E-state index contributed by atoms with van der Waals surface area (Å²) in [5, 5.41) is 3.35. The Morgan fingerprint density at radius 1 is 1.25 bits per heavy atom. The van der Waals surface area contributed by atoms with Crippen LogP contribution in [0.1, 0.15) is 52.9 Å². The van der Waals surface area contributed by atoms with Gasteiger partial charge in [0.25, 0.3) is 0 Å². The molecule has 1 atom stereocenters. The molecule has 0 radical (unpaired) electrons. The fourth-order valence-corrected chi connectivity index (χ4v) is 2.87. The van der Waals surface area contributed by atoms with Gasteiger partial charge in [0, 0.05) is 25.7 Å². The number of carbonyl (C=O) groups excluding carboxylic acids is 1. The van der Waals surface area contributed by atoms with Crippen LogP contribution in [0.25, 0.3) is 0 Å². The van der Waals surface area contributed by atoms with Crippen molar-refractivity contribution in [2.75, 3.05) is 19.6 Å². The van der Waals surface area contributed by atoms with Crippen molar-refractivity contribution in [2.45, 2.75) is 64.5 Å². The third-order valence-electron chi connectivity index (χ3n) is 4.51. The van der Waals surface area contributed by atoms with Crippen LogP contribution in [0, 0.1) is 11.8 Å². The Kier molecular flexibility index (Phi) is 5.08. The lowest BCUT2D eigenvalue weighted by Gasteiger charge is -2.32. The highest BCUT2D eigenvalue weighted by molar-refractivity contribution is 5.84. The van der Waals surface area contributed by atoms with Crippen LogP contribution in [0.2, 0.25) is 0 Å². The van der Waals surface area contributed by atoms with Gasteiger partial charge in [-0.05, 0) is 64.7 Å². The lowest BCUT2D eigenvalue weighted by atomic mass is 9.95. The van der Waals surface area contributed by atoms with Gasteiger partial charge in [-0.15, -0.1) is 0 Å². The quantitative estimate of drug-likeness (QED) is 0.641. The van der Waals surface area contributed by atoms with Gasteiger partial charge < -0.3 is 16.0 Å². The molecule has 1 amide bonds. The molecule has 0 aliphatic heterocycles. The Hall–Kier alpha value is -0.610. The first kappa shape index (κ1) is 15.8. The second-order valence-corrected chi connectivity index (χ2v) is 7.39. The van der Waals surface area contributed by atoms with Gasteiger partial charge in [0.2, 0.25) is 5.91 Å². The molecule has 3 N–H and O–H groups in total. The number of nitrogens with one attached hydrogen (secondary N) is 1. The van der Waals surface area contributed by atoms with Gasteiger partial charge in [0.05, 0.1) is 5.54 Å². The van der Waals surface area contributed by atoms with Gasteiger partial charge >= 0.3 is 0 Å². The van der Waals surface area contributed by atoms with Gasteiger partial charge in [0.1, 0.15) is 0 Å². The zero-order chi connectivity index (χ0) is 14.8. The zero-order valence-corrected chi connectivity index (χ0v) is 13.3. The fraction of sp³-hybridized carbons (Fsp3) is 0.938. The van der Waals surface area contributed by atoms with Crippen LogP contribution in [0.4, 0.5) is 0 Å². The molecule has 2 fully saturated rings. The Labute approximate surface area is 123 Å². The van der Waals surface area contributed by atoms with Gasteiger partial charge in [-0.3, -0.25) is 4.79 Å². The second kappa shape index (κ2) is 6.44. The molecule has 2 rings (SSSR count). The molecule has 116 valence electrons. The number of nitrogens with zero attached hydrogens (tertiary/aromatic N) is 1. The first-order valence-corrected chi connectivity index (χ1v) is 8.19. The molecular weight excluding hydrogens is 250 g/mol. The first-order valence-electron chi connectivity index (χ1n) is 8.19. The molecule has 0 aromatic carbocycles. The van der Waals surface area contributed by atoms with Crippen molar-refractivity contribution in [3.8, 4) is 0 Å². The third-order valence-corrected chi connectivity index (χ3v) is 4.51. The summed E-state index contributed by atoms with van der Waals surface area (Å²) in [6.07, 6.45) is 6.36. The predicted octanol–water partition coefficient (Wildman–Crippen LogP) is 1.74. The summed E-state index contributed by atoms with van der Waals surface area (Å²) in [4.78, 5) is 14.3. The smallest absolute Gasteiger partial charge is 0.237 e. The summed E-state index contributed by atoms with van der Waals surface area (Å²) in [6, 6.07) is 0.271. The van der Waals surface area contributed by atoms with E-state index in [9.17, 15) is 4.79 Å². The lowest BCUT2D eigenvalue weighted by Crippen LogP contribution is -2.56. The monoisotopic (exact) mass is 281 g/mol. The van der Waals surface area contributed by atoms with Gasteiger partial charge in [0.15, 0.2) is 0 Å². The third kappa shape index (κ3) is 5.06. The van der Waals surface area contributed by atoms with E-state index in [1.54, 1.807) is 0 Å². The van der Waals surface area contributed by atoms with Crippen molar-refractivity contribution >= 4 is 5.91 Å². The van der Waals surface area contributed by atoms with E-state index in [2.05, 4.69) is 24.1 Å². The molecular formula is C16H31N3O. The van der Waals surface area contributed by atoms with E-state index < -0.39 is 5.54 Å². The van der Waals surface area contributed by atoms with Crippen molar-refractivity contribution < 1.29 is 4.79 Å². The molecule has 20 heavy (non-hydrogen) atoms. The van der Waals surface area contributed by atoms with Gasteiger partial charge in [-0.2, -0.15) is 0 Å². The highest BCUT2D eigenvalue weighted by Crippen LogP contribution is 2.34. The molecule has 0 spiro atoms. The number of amides is 1. The Balaban J connectivity index is 1.85. The number of primary amides is 1. The number of rotatable bonds is 10. The maximum absolute atomic E-state index is 11.8. The van der Waals surface area contributed by atoms with Gasteiger partial charge in [-0.1, -0.05) is 0 Å². The molecule has 0 heterocycles. The minimum Gasteiger partial charge on any atom is -0.368 e. The molecule has 4 heteroatoms. The first-order chi connectivity index (χ1) is 9.39. The minimum atomic E-state index is -0.584. The van der Waals surface area contributed by atoms with E-state index >= 15 is 0 Å². The van der Waals surface area contributed by atoms with Crippen LogP contribution >= 0.6 is 0 Å². The van der Waals surface area contributed by atoms with Crippen LogP contribution in [-0.2, 0) is 4.79 Å². The van der Waals surface area contributed by atoms with Crippen LogP contribution in [0.15, 0.2) is 0 Å². The summed E-state index contributed by atoms with van der Waals surface area (Å²) in [7, 11) is 0. The van der Waals surface area contributed by atoms with Crippen molar-refractivity contribution in [3.05, 3.63) is 0 Å². The van der Waals surface area contributed by atoms with Crippen LogP contribution in [0.3, 0.4) is 0 Å². The lowest BCUT2D eigenvalue weighted by molar-refractivity contribution is -0.124. The Morgan fingerprint density at radius 3 is 2.10 bits per heavy atom. The molecule has 2 saturated carbocycles. The van der Waals surface area contributed by atoms with E-state index in [-0.39, 0.29) is 11.9 Å². The topological polar surface area (TPSA) is 58.4 Å². The van der Waals surface area contributed by atoms with E-state index in [1.807, 2.05) is 6.92 Å². The molecule has 2 aliphatic rings. The Bertz CT molecular complexity index is 323. The van der Waals surface area contributed by atoms with Crippen molar-refractivity contribution in [1.82, 2.24) is 10.2 Å². The number of hydrogen-bond donors (Lipinski definition) is 2. The molecule has 4 nitrogen and oxygen atoms in total. The van der Waals surface area contributed by atoms with Crippen molar-refractivity contribution in [1.29, 1.82) is 0 Å². The Morgan fingerprint density at radius 2 is 1.75 bits per heavy atom. The fourth-order valence-electron chi connectivity index (χ4n) is 2.87. The van der Waals surface area contributed by atoms with E-state index in [0.29, 0.717) is 0 Å². The van der Waals surface area contributed by atoms with Gasteiger partial charge in [-0.25, -0.2) is 0 Å². The average molecular weight is 281 g/mol. The average Bonchev–Trinajstić information content (AvgIpc) is 3.20. The second-order valence-electron chi connectivity index (χ2n) is 7.39. The molecule has 0 aromatic rings. The van der Waals surface area contributed by atoms with E-state index in [1.165, 1.54) is 38.8 Å². The molecule has 0 saturated heterocycles. The SMILES string of the molecule is CC(C)NC(C)(CCN(CC1CC1)CC1CC1)C(N)=O. The molecule has 1 unspecified atom stereocenters. The summed E-state index contributed by atoms with van der Waals surface area (Å²) in [6.45, 7) is 9.48. The van der Waals surface area contributed by atoms with Crippen LogP contribution in [0.5, 0.6) is 0 Å². The van der Waals surface area contributed by atoms with Crippen LogP contribution < -0.4 is 11.1 Å². The zero-order valence-electron chi connectivity index (χ0n) is 13.3. The number of carbonyl (C=O) groups is 1. The number of nitrogens with two attached hydrogens (primary N) is 1. The largest absolute Gasteiger partial charge is 0.368 e. The highest BCUT2D eigenvalue weighted by atomic mass is 16.1. The minimum absolute atomic E-state index is 0.232. The van der Waals surface area contributed by atoms with E-state index in [4.69, 9.17) is 5.73 Å². The normalized spacial score (nSPS) is 22.2. The maximum Gasteiger partial charge on any atom is 0.237 e.